The molecule has 0 aliphatic carbocycles. The zero-order chi connectivity index (χ0) is 15.4. The number of nitrogens with zero attached hydrogens (tertiary/aromatic N) is 2. The number of halogens is 1. The highest BCUT2D eigenvalue weighted by Gasteiger charge is 2.13. The Morgan fingerprint density at radius 1 is 1.09 bits per heavy atom. The summed E-state index contributed by atoms with van der Waals surface area (Å²) in [6, 6.07) is 13.2. The first-order chi connectivity index (χ1) is 10.8. The molecule has 0 spiro atoms. The van der Waals surface area contributed by atoms with Gasteiger partial charge in [-0.2, -0.15) is 0 Å². The molecular weight excluding hydrogens is 287 g/mol. The Balaban J connectivity index is 1.74. The van der Waals surface area contributed by atoms with Gasteiger partial charge in [-0.3, -0.25) is 0 Å². The lowest BCUT2D eigenvalue weighted by Crippen LogP contribution is -1.95. The minimum Gasteiger partial charge on any atom is -0.496 e. The third-order valence-corrected chi connectivity index (χ3v) is 2.96. The summed E-state index contributed by atoms with van der Waals surface area (Å²) < 4.78 is 29.3. The van der Waals surface area contributed by atoms with Gasteiger partial charge in [0, 0.05) is 6.07 Å². The molecule has 0 saturated carbocycles. The smallest absolute Gasteiger partial charge is 0.254 e. The minimum absolute atomic E-state index is 0.0611. The Bertz CT molecular complexity index is 773. The number of para-hydroxylation sites is 1. The van der Waals surface area contributed by atoms with Crippen LogP contribution in [-0.4, -0.2) is 17.3 Å². The maximum absolute atomic E-state index is 13.1. The van der Waals surface area contributed by atoms with E-state index < -0.39 is 0 Å². The van der Waals surface area contributed by atoms with E-state index in [1.807, 2.05) is 24.3 Å². The third kappa shape index (κ3) is 3.06. The summed E-state index contributed by atoms with van der Waals surface area (Å²) in [6.45, 7) is 0.0611. The van der Waals surface area contributed by atoms with Crippen LogP contribution in [0.3, 0.4) is 0 Å². The van der Waals surface area contributed by atoms with E-state index >= 15 is 0 Å². The van der Waals surface area contributed by atoms with Gasteiger partial charge in [0.25, 0.3) is 11.8 Å². The topological polar surface area (TPSA) is 57.4 Å². The fourth-order valence-electron chi connectivity index (χ4n) is 1.94. The van der Waals surface area contributed by atoms with E-state index in [1.54, 1.807) is 19.2 Å². The molecule has 0 radical (unpaired) electrons. The highest BCUT2D eigenvalue weighted by Crippen LogP contribution is 2.28. The molecule has 112 valence electrons. The average Bonchev–Trinajstić information content (AvgIpc) is 3.02. The summed E-state index contributed by atoms with van der Waals surface area (Å²) in [6.07, 6.45) is 0. The summed E-state index contributed by atoms with van der Waals surface area (Å²) in [5.41, 5.74) is 0.703. The predicted molar refractivity (Wildman–Crippen MR) is 77.0 cm³/mol. The molecule has 1 aromatic heterocycles. The van der Waals surface area contributed by atoms with Gasteiger partial charge < -0.3 is 13.9 Å². The molecule has 3 rings (SSSR count). The Morgan fingerprint density at radius 2 is 1.95 bits per heavy atom. The SMILES string of the molecule is COc1ccccc1-c1nnc(COc2cccc(F)c2)o1. The van der Waals surface area contributed by atoms with Gasteiger partial charge >= 0.3 is 0 Å². The van der Waals surface area contributed by atoms with Crippen LogP contribution in [0, 0.1) is 5.82 Å². The second kappa shape index (κ2) is 6.26. The molecule has 3 aromatic rings. The van der Waals surface area contributed by atoms with E-state index in [1.165, 1.54) is 12.1 Å². The van der Waals surface area contributed by atoms with Gasteiger partial charge in [0.1, 0.15) is 17.3 Å². The molecular formula is C16H13FN2O3. The lowest BCUT2D eigenvalue weighted by Gasteiger charge is -2.04. The Labute approximate surface area is 126 Å². The minimum atomic E-state index is -0.363. The number of ether oxygens (including phenoxy) is 2. The summed E-state index contributed by atoms with van der Waals surface area (Å²) in [7, 11) is 1.57. The lowest BCUT2D eigenvalue weighted by atomic mass is 10.2. The zero-order valence-corrected chi connectivity index (χ0v) is 11.8. The van der Waals surface area contributed by atoms with Crippen molar-refractivity contribution in [2.75, 3.05) is 7.11 Å². The van der Waals surface area contributed by atoms with Crippen LogP contribution in [0.5, 0.6) is 11.5 Å². The van der Waals surface area contributed by atoms with E-state index in [0.717, 1.165) is 0 Å². The molecule has 2 aromatic carbocycles. The van der Waals surface area contributed by atoms with Crippen LogP contribution >= 0.6 is 0 Å². The third-order valence-electron chi connectivity index (χ3n) is 2.96. The molecule has 0 bridgehead atoms. The predicted octanol–water partition coefficient (Wildman–Crippen LogP) is 3.46. The van der Waals surface area contributed by atoms with Crippen molar-refractivity contribution >= 4 is 0 Å². The molecule has 0 aliphatic rings. The van der Waals surface area contributed by atoms with Crippen LogP contribution in [0.1, 0.15) is 5.89 Å². The zero-order valence-electron chi connectivity index (χ0n) is 11.8. The van der Waals surface area contributed by atoms with Crippen LogP contribution < -0.4 is 9.47 Å². The van der Waals surface area contributed by atoms with Gasteiger partial charge in [-0.05, 0) is 24.3 Å². The molecule has 0 fully saturated rings. The highest BCUT2D eigenvalue weighted by atomic mass is 19.1. The second-order valence-corrected chi connectivity index (χ2v) is 4.45. The quantitative estimate of drug-likeness (QED) is 0.722. The first-order valence-electron chi connectivity index (χ1n) is 6.60. The molecule has 0 N–H and O–H groups in total. The molecule has 1 heterocycles. The average molecular weight is 300 g/mol. The first-order valence-corrected chi connectivity index (χ1v) is 6.60. The lowest BCUT2D eigenvalue weighted by molar-refractivity contribution is 0.263. The van der Waals surface area contributed by atoms with Crippen LogP contribution in [-0.2, 0) is 6.61 Å². The van der Waals surface area contributed by atoms with Crippen molar-refractivity contribution in [3.8, 4) is 23.0 Å². The van der Waals surface area contributed by atoms with Crippen molar-refractivity contribution in [1.29, 1.82) is 0 Å². The van der Waals surface area contributed by atoms with Crippen molar-refractivity contribution in [2.45, 2.75) is 6.61 Å². The molecule has 0 aliphatic heterocycles. The molecule has 0 saturated heterocycles. The van der Waals surface area contributed by atoms with E-state index in [4.69, 9.17) is 13.9 Å². The van der Waals surface area contributed by atoms with E-state index in [9.17, 15) is 4.39 Å². The molecule has 22 heavy (non-hydrogen) atoms. The fourth-order valence-corrected chi connectivity index (χ4v) is 1.94. The summed E-state index contributed by atoms with van der Waals surface area (Å²) >= 11 is 0. The van der Waals surface area contributed by atoms with Crippen molar-refractivity contribution in [3.63, 3.8) is 0 Å². The monoisotopic (exact) mass is 300 g/mol. The molecule has 6 heteroatoms. The van der Waals surface area contributed by atoms with Crippen molar-refractivity contribution in [1.82, 2.24) is 10.2 Å². The summed E-state index contributed by atoms with van der Waals surface area (Å²) in [4.78, 5) is 0. The van der Waals surface area contributed by atoms with Crippen molar-refractivity contribution in [3.05, 3.63) is 60.2 Å². The normalized spacial score (nSPS) is 10.5. The van der Waals surface area contributed by atoms with Crippen LogP contribution in [0.25, 0.3) is 11.5 Å². The maximum Gasteiger partial charge on any atom is 0.254 e. The molecule has 0 atom stereocenters. The van der Waals surface area contributed by atoms with Gasteiger partial charge in [-0.25, -0.2) is 4.39 Å². The van der Waals surface area contributed by atoms with E-state index in [2.05, 4.69) is 10.2 Å². The number of methoxy groups -OCH3 is 1. The number of hydrogen-bond donors (Lipinski definition) is 0. The highest BCUT2D eigenvalue weighted by molar-refractivity contribution is 5.62. The number of aromatic nitrogens is 2. The van der Waals surface area contributed by atoms with Gasteiger partial charge in [0.05, 0.1) is 12.7 Å². The summed E-state index contributed by atoms with van der Waals surface area (Å²) in [5.74, 6) is 1.32. The van der Waals surface area contributed by atoms with Gasteiger partial charge in [-0.15, -0.1) is 10.2 Å². The van der Waals surface area contributed by atoms with Crippen LogP contribution in [0.15, 0.2) is 52.9 Å². The van der Waals surface area contributed by atoms with Gasteiger partial charge in [-0.1, -0.05) is 18.2 Å². The van der Waals surface area contributed by atoms with Gasteiger partial charge in [0.2, 0.25) is 0 Å². The van der Waals surface area contributed by atoms with E-state index in [0.29, 0.717) is 28.8 Å². The molecule has 0 amide bonds. The fraction of sp³-hybridized carbons (Fsp3) is 0.125. The standard InChI is InChI=1S/C16H13FN2O3/c1-20-14-8-3-2-7-13(14)16-19-18-15(22-16)10-21-12-6-4-5-11(17)9-12/h2-9H,10H2,1H3. The Kier molecular flexibility index (Phi) is 4.00. The molecule has 0 unspecified atom stereocenters. The maximum atomic E-state index is 13.1. The Hall–Kier alpha value is -2.89. The second-order valence-electron chi connectivity index (χ2n) is 4.45. The first kappa shape index (κ1) is 14.1. The van der Waals surface area contributed by atoms with Gasteiger partial charge in [0.15, 0.2) is 6.61 Å². The number of hydrogen-bond acceptors (Lipinski definition) is 5. The summed E-state index contributed by atoms with van der Waals surface area (Å²) in [5, 5.41) is 7.89. The largest absolute Gasteiger partial charge is 0.496 e. The number of rotatable bonds is 5. The van der Waals surface area contributed by atoms with Crippen molar-refractivity contribution < 1.29 is 18.3 Å². The van der Waals surface area contributed by atoms with E-state index in [-0.39, 0.29) is 12.4 Å². The number of benzene rings is 2. The molecule has 5 nitrogen and oxygen atoms in total. The van der Waals surface area contributed by atoms with Crippen LogP contribution in [0.2, 0.25) is 0 Å². The van der Waals surface area contributed by atoms with Crippen molar-refractivity contribution in [2.24, 2.45) is 0 Å². The van der Waals surface area contributed by atoms with Crippen LogP contribution in [0.4, 0.5) is 4.39 Å². The Morgan fingerprint density at radius 3 is 2.77 bits per heavy atom.